The van der Waals surface area contributed by atoms with E-state index in [0.29, 0.717) is 6.42 Å². The number of carbonyl (C=O) groups is 2. The van der Waals surface area contributed by atoms with E-state index in [-0.39, 0.29) is 23.7 Å². The number of nitrogens with zero attached hydrogens (tertiary/aromatic N) is 1. The normalized spacial score (nSPS) is 17.7. The van der Waals surface area contributed by atoms with Gasteiger partial charge in [0.2, 0.25) is 11.8 Å². The largest absolute Gasteiger partial charge is 0.372 e. The maximum atomic E-state index is 12.5. The van der Waals surface area contributed by atoms with E-state index in [1.807, 2.05) is 56.3 Å². The molecule has 2 atom stereocenters. The summed E-state index contributed by atoms with van der Waals surface area (Å²) in [5, 5.41) is 5.91. The Hall–Kier alpha value is -2.82. The number of nitrogens with one attached hydrogen (secondary N) is 2. The topological polar surface area (TPSA) is 61.4 Å². The molecule has 2 aromatic carbocycles. The molecule has 0 aromatic heterocycles. The van der Waals surface area contributed by atoms with Crippen LogP contribution in [0.25, 0.3) is 0 Å². The van der Waals surface area contributed by atoms with Crippen LogP contribution in [0.4, 0.5) is 17.1 Å². The van der Waals surface area contributed by atoms with Crippen molar-refractivity contribution in [3.8, 4) is 0 Å². The molecule has 0 heterocycles. The summed E-state index contributed by atoms with van der Waals surface area (Å²) in [7, 11) is 0. The smallest absolute Gasteiger partial charge is 0.228 e. The molecule has 5 nitrogen and oxygen atoms in total. The second kappa shape index (κ2) is 8.46. The summed E-state index contributed by atoms with van der Waals surface area (Å²) in [6, 6.07) is 13.8. The van der Waals surface area contributed by atoms with Gasteiger partial charge in [-0.25, -0.2) is 0 Å². The zero-order chi connectivity index (χ0) is 20.3. The van der Waals surface area contributed by atoms with Crippen LogP contribution in [0.2, 0.25) is 0 Å². The van der Waals surface area contributed by atoms with Crippen LogP contribution in [0.3, 0.4) is 0 Å². The van der Waals surface area contributed by atoms with Crippen molar-refractivity contribution in [2.24, 2.45) is 11.8 Å². The molecule has 0 saturated heterocycles. The number of aryl methyl sites for hydroxylation is 2. The van der Waals surface area contributed by atoms with Crippen LogP contribution < -0.4 is 15.5 Å². The number of amides is 2. The Morgan fingerprint density at radius 2 is 1.54 bits per heavy atom. The van der Waals surface area contributed by atoms with Crippen molar-refractivity contribution in [3.63, 3.8) is 0 Å². The molecule has 1 saturated carbocycles. The van der Waals surface area contributed by atoms with Crippen molar-refractivity contribution in [3.05, 3.63) is 53.6 Å². The highest BCUT2D eigenvalue weighted by molar-refractivity contribution is 6.03. The van der Waals surface area contributed by atoms with Crippen molar-refractivity contribution in [2.45, 2.75) is 34.1 Å². The van der Waals surface area contributed by atoms with Crippen molar-refractivity contribution < 1.29 is 9.59 Å². The second-order valence-corrected chi connectivity index (χ2v) is 7.46. The van der Waals surface area contributed by atoms with Gasteiger partial charge in [-0.2, -0.15) is 0 Å². The Morgan fingerprint density at radius 1 is 0.929 bits per heavy atom. The van der Waals surface area contributed by atoms with E-state index < -0.39 is 0 Å². The van der Waals surface area contributed by atoms with E-state index in [9.17, 15) is 9.59 Å². The minimum absolute atomic E-state index is 0.0780. The second-order valence-electron chi connectivity index (χ2n) is 7.46. The van der Waals surface area contributed by atoms with Crippen molar-refractivity contribution in [1.29, 1.82) is 0 Å². The molecule has 1 aliphatic carbocycles. The molecule has 2 amide bonds. The molecule has 28 heavy (non-hydrogen) atoms. The summed E-state index contributed by atoms with van der Waals surface area (Å²) in [4.78, 5) is 27.2. The fourth-order valence-electron chi connectivity index (χ4n) is 3.45. The highest BCUT2D eigenvalue weighted by atomic mass is 16.2. The van der Waals surface area contributed by atoms with Gasteiger partial charge in [-0.15, -0.1) is 0 Å². The SMILES string of the molecule is CCN(CC)c1ccc(NC(=O)C2CC2C(=O)Nc2cc(C)ccc2C)cc1. The number of hydrogen-bond donors (Lipinski definition) is 2. The van der Waals surface area contributed by atoms with Crippen molar-refractivity contribution in [1.82, 2.24) is 0 Å². The fourth-order valence-corrected chi connectivity index (χ4v) is 3.45. The first-order valence-electron chi connectivity index (χ1n) is 9.97. The molecule has 2 unspecified atom stereocenters. The number of benzene rings is 2. The lowest BCUT2D eigenvalue weighted by Crippen LogP contribution is -2.22. The molecular formula is C23H29N3O2. The average Bonchev–Trinajstić information content (AvgIpc) is 3.48. The van der Waals surface area contributed by atoms with Crippen LogP contribution in [0.5, 0.6) is 0 Å². The van der Waals surface area contributed by atoms with E-state index in [2.05, 4.69) is 29.4 Å². The van der Waals surface area contributed by atoms with Crippen molar-refractivity contribution >= 4 is 28.9 Å². The Balaban J connectivity index is 1.55. The van der Waals surface area contributed by atoms with Gasteiger partial charge in [-0.05, 0) is 75.6 Å². The third-order valence-corrected chi connectivity index (χ3v) is 5.38. The molecule has 5 heteroatoms. The Labute approximate surface area is 167 Å². The lowest BCUT2D eigenvalue weighted by Gasteiger charge is -2.21. The third kappa shape index (κ3) is 4.53. The predicted molar refractivity (Wildman–Crippen MR) is 115 cm³/mol. The summed E-state index contributed by atoms with van der Waals surface area (Å²) in [6.45, 7) is 10.1. The predicted octanol–water partition coefficient (Wildman–Crippen LogP) is 4.36. The number of carbonyl (C=O) groups excluding carboxylic acids is 2. The highest BCUT2D eigenvalue weighted by Crippen LogP contribution is 2.40. The zero-order valence-electron chi connectivity index (χ0n) is 17.1. The minimum Gasteiger partial charge on any atom is -0.372 e. The minimum atomic E-state index is -0.257. The third-order valence-electron chi connectivity index (χ3n) is 5.38. The lowest BCUT2D eigenvalue weighted by atomic mass is 10.1. The molecule has 3 rings (SSSR count). The van der Waals surface area contributed by atoms with Crippen LogP contribution in [-0.2, 0) is 9.59 Å². The summed E-state index contributed by atoms with van der Waals surface area (Å²) in [5.41, 5.74) is 4.85. The average molecular weight is 380 g/mol. The maximum absolute atomic E-state index is 12.5. The van der Waals surface area contributed by atoms with Crippen LogP contribution in [0, 0.1) is 25.7 Å². The Morgan fingerprint density at radius 3 is 2.14 bits per heavy atom. The fraction of sp³-hybridized carbons (Fsp3) is 0.391. The van der Waals surface area contributed by atoms with Gasteiger partial charge in [0.1, 0.15) is 0 Å². The molecule has 1 aliphatic rings. The van der Waals surface area contributed by atoms with Gasteiger partial charge in [0.15, 0.2) is 0 Å². The van der Waals surface area contributed by atoms with Gasteiger partial charge >= 0.3 is 0 Å². The van der Waals surface area contributed by atoms with Gasteiger partial charge in [-0.1, -0.05) is 12.1 Å². The molecule has 0 aliphatic heterocycles. The van der Waals surface area contributed by atoms with E-state index in [0.717, 1.165) is 41.3 Å². The molecule has 2 N–H and O–H groups in total. The zero-order valence-corrected chi connectivity index (χ0v) is 17.1. The summed E-state index contributed by atoms with van der Waals surface area (Å²) in [5.74, 6) is -0.676. The van der Waals surface area contributed by atoms with Crippen LogP contribution in [-0.4, -0.2) is 24.9 Å². The first kappa shape index (κ1) is 19.9. The molecule has 148 valence electrons. The summed E-state index contributed by atoms with van der Waals surface area (Å²) in [6.07, 6.45) is 0.597. The molecule has 0 radical (unpaired) electrons. The standard InChI is InChI=1S/C23H29N3O2/c1-5-26(6-2)18-11-9-17(10-12-18)24-22(27)19-14-20(19)23(28)25-21-13-15(3)7-8-16(21)4/h7-13,19-20H,5-6,14H2,1-4H3,(H,24,27)(H,25,28). The number of rotatable bonds is 7. The van der Waals surface area contributed by atoms with Gasteiger partial charge in [0.25, 0.3) is 0 Å². The molecule has 2 aromatic rings. The van der Waals surface area contributed by atoms with Gasteiger partial charge in [-0.3, -0.25) is 9.59 Å². The van der Waals surface area contributed by atoms with Crippen LogP contribution >= 0.6 is 0 Å². The number of anilines is 3. The van der Waals surface area contributed by atoms with E-state index in [4.69, 9.17) is 0 Å². The highest BCUT2D eigenvalue weighted by Gasteiger charge is 2.48. The molecule has 1 fully saturated rings. The van der Waals surface area contributed by atoms with Crippen LogP contribution in [0.15, 0.2) is 42.5 Å². The monoisotopic (exact) mass is 379 g/mol. The van der Waals surface area contributed by atoms with Gasteiger partial charge in [0, 0.05) is 30.2 Å². The summed E-state index contributed by atoms with van der Waals surface area (Å²) < 4.78 is 0. The van der Waals surface area contributed by atoms with Crippen LogP contribution in [0.1, 0.15) is 31.4 Å². The Bertz CT molecular complexity index is 857. The molecule has 0 spiro atoms. The number of hydrogen-bond acceptors (Lipinski definition) is 3. The molecular weight excluding hydrogens is 350 g/mol. The van der Waals surface area contributed by atoms with Crippen molar-refractivity contribution in [2.75, 3.05) is 28.6 Å². The van der Waals surface area contributed by atoms with E-state index in [1.165, 1.54) is 0 Å². The lowest BCUT2D eigenvalue weighted by molar-refractivity contribution is -0.122. The Kier molecular flexibility index (Phi) is 6.02. The van der Waals surface area contributed by atoms with Gasteiger partial charge in [0.05, 0.1) is 11.8 Å². The quantitative estimate of drug-likeness (QED) is 0.751. The molecule has 0 bridgehead atoms. The van der Waals surface area contributed by atoms with E-state index >= 15 is 0 Å². The first-order chi connectivity index (χ1) is 13.4. The first-order valence-corrected chi connectivity index (χ1v) is 9.97. The maximum Gasteiger partial charge on any atom is 0.228 e. The van der Waals surface area contributed by atoms with Gasteiger partial charge < -0.3 is 15.5 Å². The summed E-state index contributed by atoms with van der Waals surface area (Å²) >= 11 is 0. The van der Waals surface area contributed by atoms with E-state index in [1.54, 1.807) is 0 Å².